The molecule has 0 atom stereocenters. The lowest BCUT2D eigenvalue weighted by molar-refractivity contribution is 0.590. The Bertz CT molecular complexity index is 3790. The molecule has 4 nitrogen and oxygen atoms in total. The third-order valence-corrected chi connectivity index (χ3v) is 16.2. The Morgan fingerprint density at radius 1 is 0.438 bits per heavy atom. The lowest BCUT2D eigenvalue weighted by Crippen LogP contribution is -2.60. The highest BCUT2D eigenvalue weighted by molar-refractivity contribution is 6.94. The molecule has 5 heteroatoms. The molecule has 0 amide bonds. The average Bonchev–Trinajstić information content (AvgIpc) is 3.89. The maximum atomic E-state index is 7.34. The lowest BCUT2D eigenvalue weighted by atomic mass is 9.43. The molecule has 366 valence electrons. The van der Waals surface area contributed by atoms with Crippen LogP contribution in [0.3, 0.4) is 0 Å². The van der Waals surface area contributed by atoms with Crippen molar-refractivity contribution in [1.82, 2.24) is 4.57 Å². The number of benzene rings is 8. The number of anilines is 5. The molecule has 0 saturated carbocycles. The number of furan rings is 1. The van der Waals surface area contributed by atoms with Crippen LogP contribution in [-0.2, 0) is 27.1 Å². The van der Waals surface area contributed by atoms with Crippen LogP contribution < -0.4 is 20.6 Å². The Morgan fingerprint density at radius 3 is 1.49 bits per heavy atom. The molecule has 8 aromatic carbocycles. The van der Waals surface area contributed by atoms with Crippen molar-refractivity contribution in [3.8, 4) is 16.8 Å². The SMILES string of the molecule is CC(C)(C)c1ccc(N2B3c4cc(C(C)(C)C)ccc4-n4c5cc(N(c6ccc(C(C)(C)C)cc6)c6ccc(C(C)(C)C)cc6)ccc5c5c6c(oc7ccccc76)c(c3c54)-c3cc(C(C)(C)C)ccc32)cc1. The minimum Gasteiger partial charge on any atom is -0.455 e. The number of nitrogens with zero attached hydrogens (tertiary/aromatic N) is 3. The number of aromatic nitrogens is 1. The number of para-hydroxylation sites is 1. The van der Waals surface area contributed by atoms with Crippen molar-refractivity contribution in [2.24, 2.45) is 0 Å². The number of fused-ring (bicyclic) bond motifs is 13. The van der Waals surface area contributed by atoms with Crippen LogP contribution in [0.25, 0.3) is 60.6 Å². The summed E-state index contributed by atoms with van der Waals surface area (Å²) in [7, 11) is 0. The maximum Gasteiger partial charge on any atom is 0.333 e. The molecule has 0 bridgehead atoms. The largest absolute Gasteiger partial charge is 0.455 e. The number of rotatable bonds is 4. The first-order valence-electron chi connectivity index (χ1n) is 26.5. The second-order valence-electron chi connectivity index (χ2n) is 26.4. The van der Waals surface area contributed by atoms with Crippen molar-refractivity contribution in [2.45, 2.75) is 131 Å². The minimum atomic E-state index is -0.156. The maximum absolute atomic E-state index is 7.34. The van der Waals surface area contributed by atoms with Crippen molar-refractivity contribution in [3.05, 3.63) is 179 Å². The van der Waals surface area contributed by atoms with Gasteiger partial charge in [0, 0.05) is 66.8 Å². The smallest absolute Gasteiger partial charge is 0.333 e. The second-order valence-corrected chi connectivity index (χ2v) is 26.4. The predicted octanol–water partition coefficient (Wildman–Crippen LogP) is 17.9. The Morgan fingerprint density at radius 2 is 0.932 bits per heavy atom. The Balaban J connectivity index is 1.24. The van der Waals surface area contributed by atoms with Crippen LogP contribution in [0.1, 0.15) is 132 Å². The summed E-state index contributed by atoms with van der Waals surface area (Å²) in [5.74, 6) is 0. The van der Waals surface area contributed by atoms with Gasteiger partial charge in [0.05, 0.1) is 11.0 Å². The van der Waals surface area contributed by atoms with E-state index in [1.54, 1.807) is 0 Å². The van der Waals surface area contributed by atoms with E-state index < -0.39 is 0 Å². The summed E-state index contributed by atoms with van der Waals surface area (Å²) in [5.41, 5.74) is 22.7. The van der Waals surface area contributed by atoms with Gasteiger partial charge in [0.1, 0.15) is 11.2 Å². The van der Waals surface area contributed by atoms with Gasteiger partial charge in [0.25, 0.3) is 0 Å². The molecule has 12 rings (SSSR count). The van der Waals surface area contributed by atoms with E-state index in [1.165, 1.54) is 94.1 Å². The van der Waals surface area contributed by atoms with Crippen LogP contribution in [0.15, 0.2) is 156 Å². The monoisotopic (exact) mass is 956 g/mol. The van der Waals surface area contributed by atoms with Gasteiger partial charge in [-0.3, -0.25) is 0 Å². The minimum absolute atomic E-state index is 0.0196. The molecule has 10 aromatic rings. The fourth-order valence-electron chi connectivity index (χ4n) is 11.9. The third-order valence-electron chi connectivity index (χ3n) is 16.2. The van der Waals surface area contributed by atoms with Gasteiger partial charge in [0.15, 0.2) is 0 Å². The van der Waals surface area contributed by atoms with E-state index in [0.717, 1.165) is 33.6 Å². The lowest BCUT2D eigenvalue weighted by Gasteiger charge is -2.43. The summed E-state index contributed by atoms with van der Waals surface area (Å²) in [6.07, 6.45) is 0. The van der Waals surface area contributed by atoms with Crippen LogP contribution >= 0.6 is 0 Å². The van der Waals surface area contributed by atoms with Crippen molar-refractivity contribution in [1.29, 1.82) is 0 Å². The molecule has 0 fully saturated rings. The fourth-order valence-corrected chi connectivity index (χ4v) is 11.9. The van der Waals surface area contributed by atoms with Gasteiger partial charge in [-0.05, 0) is 139 Å². The first kappa shape index (κ1) is 47.1. The van der Waals surface area contributed by atoms with Gasteiger partial charge >= 0.3 is 6.85 Å². The topological polar surface area (TPSA) is 24.6 Å². The van der Waals surface area contributed by atoms with Gasteiger partial charge < -0.3 is 18.7 Å². The van der Waals surface area contributed by atoms with E-state index in [4.69, 9.17) is 4.42 Å². The van der Waals surface area contributed by atoms with Crippen LogP contribution in [0, 0.1) is 0 Å². The second kappa shape index (κ2) is 15.8. The molecular weight excluding hydrogens is 886 g/mol. The van der Waals surface area contributed by atoms with E-state index in [1.807, 2.05) is 0 Å². The average molecular weight is 956 g/mol. The highest BCUT2D eigenvalue weighted by Crippen LogP contribution is 2.52. The molecular formula is C68H70BN3O. The summed E-state index contributed by atoms with van der Waals surface area (Å²) in [6.45, 7) is 34.5. The van der Waals surface area contributed by atoms with E-state index in [9.17, 15) is 0 Å². The van der Waals surface area contributed by atoms with Crippen molar-refractivity contribution < 1.29 is 4.42 Å². The molecule has 0 spiro atoms. The molecule has 2 aliphatic heterocycles. The predicted molar refractivity (Wildman–Crippen MR) is 315 cm³/mol. The standard InChI is InChI=1S/C68H70BN3O/c1-64(2,3)41-20-28-46(29-21-41)70(47-30-22-42(23-31-47)65(4,5)6)49-34-35-50-56(40-49)71-55-37-27-45(68(13,14)15)39-53(55)69-61-60(63-59(58(50)62(61)71)51-18-16-17-19-57(51)73-63)52-38-44(67(10,11)12)26-36-54(52)72(69)48-32-24-43(25-33-48)66(7,8)9/h16-40H,1-15H3. The summed E-state index contributed by atoms with van der Waals surface area (Å²) >= 11 is 0. The molecule has 4 heterocycles. The molecule has 0 unspecified atom stereocenters. The molecule has 0 aliphatic carbocycles. The van der Waals surface area contributed by atoms with Crippen LogP contribution in [0.4, 0.5) is 28.4 Å². The van der Waals surface area contributed by atoms with E-state index in [0.29, 0.717) is 0 Å². The summed E-state index contributed by atoms with van der Waals surface area (Å²) in [6, 6.07) is 58.3. The Hall–Kier alpha value is -6.98. The normalized spacial score (nSPS) is 13.9. The first-order valence-corrected chi connectivity index (χ1v) is 26.5. The highest BCUT2D eigenvalue weighted by Gasteiger charge is 2.47. The van der Waals surface area contributed by atoms with E-state index in [-0.39, 0.29) is 33.9 Å². The van der Waals surface area contributed by atoms with Crippen LogP contribution in [-0.4, -0.2) is 11.4 Å². The first-order chi connectivity index (χ1) is 34.4. The van der Waals surface area contributed by atoms with Gasteiger partial charge in [0.2, 0.25) is 0 Å². The van der Waals surface area contributed by atoms with Crippen molar-refractivity contribution in [3.63, 3.8) is 0 Å². The number of hydrogen-bond donors (Lipinski definition) is 0. The zero-order valence-corrected chi connectivity index (χ0v) is 45.8. The van der Waals surface area contributed by atoms with E-state index in [2.05, 4.69) is 270 Å². The zero-order valence-electron chi connectivity index (χ0n) is 45.8. The van der Waals surface area contributed by atoms with Crippen LogP contribution in [0.2, 0.25) is 0 Å². The highest BCUT2D eigenvalue weighted by atomic mass is 16.3. The van der Waals surface area contributed by atoms with Gasteiger partial charge in [-0.15, -0.1) is 0 Å². The Labute approximate surface area is 433 Å². The Kier molecular flexibility index (Phi) is 10.2. The van der Waals surface area contributed by atoms with Crippen LogP contribution in [0.5, 0.6) is 0 Å². The van der Waals surface area contributed by atoms with Crippen molar-refractivity contribution >= 4 is 90.0 Å². The van der Waals surface area contributed by atoms with Gasteiger partial charge in [-0.2, -0.15) is 0 Å². The third kappa shape index (κ3) is 7.38. The quantitative estimate of drug-likeness (QED) is 0.164. The van der Waals surface area contributed by atoms with Gasteiger partial charge in [-0.25, -0.2) is 0 Å². The van der Waals surface area contributed by atoms with Gasteiger partial charge in [-0.1, -0.05) is 183 Å². The number of hydrogen-bond acceptors (Lipinski definition) is 3. The zero-order chi connectivity index (χ0) is 51.5. The molecule has 2 aliphatic rings. The fraction of sp³-hybridized carbons (Fsp3) is 0.294. The molecule has 0 saturated heterocycles. The molecule has 0 radical (unpaired) electrons. The van der Waals surface area contributed by atoms with Crippen molar-refractivity contribution in [2.75, 3.05) is 9.71 Å². The van der Waals surface area contributed by atoms with E-state index >= 15 is 0 Å². The summed E-state index contributed by atoms with van der Waals surface area (Å²) in [4.78, 5) is 5.11. The summed E-state index contributed by atoms with van der Waals surface area (Å²) < 4.78 is 9.98. The molecule has 2 aromatic heterocycles. The summed E-state index contributed by atoms with van der Waals surface area (Å²) in [5, 5.41) is 4.77. The molecule has 73 heavy (non-hydrogen) atoms. The molecule has 0 N–H and O–H groups in total.